The van der Waals surface area contributed by atoms with Gasteiger partial charge in [0.05, 0.1) is 18.5 Å². The van der Waals surface area contributed by atoms with Gasteiger partial charge >= 0.3 is 0 Å². The number of nitrogens with one attached hydrogen (secondary N) is 1. The van der Waals surface area contributed by atoms with Crippen LogP contribution in [-0.2, 0) is 13.1 Å². The van der Waals surface area contributed by atoms with Gasteiger partial charge in [-0.05, 0) is 29.8 Å². The number of rotatable bonds is 4. The summed E-state index contributed by atoms with van der Waals surface area (Å²) in [6, 6.07) is 8.54. The van der Waals surface area contributed by atoms with Crippen LogP contribution in [0.1, 0.15) is 11.3 Å². The van der Waals surface area contributed by atoms with E-state index in [0.717, 1.165) is 11.3 Å². The molecule has 3 nitrogen and oxygen atoms in total. The summed E-state index contributed by atoms with van der Waals surface area (Å²) < 4.78 is 18.7. The van der Waals surface area contributed by atoms with E-state index in [1.807, 2.05) is 6.07 Å². The lowest BCUT2D eigenvalue weighted by Gasteiger charge is -2.07. The molecule has 2 rings (SSSR count). The lowest BCUT2D eigenvalue weighted by atomic mass is 10.2. The second-order valence-electron chi connectivity index (χ2n) is 3.45. The Balaban J connectivity index is 2.04. The lowest BCUT2D eigenvalue weighted by Crippen LogP contribution is -2.02. The minimum Gasteiger partial charge on any atom is -0.467 e. The summed E-state index contributed by atoms with van der Waals surface area (Å²) in [5.41, 5.74) is 6.65. The highest BCUT2D eigenvalue weighted by Gasteiger charge is 2.03. The van der Waals surface area contributed by atoms with Crippen molar-refractivity contribution in [3.8, 4) is 0 Å². The van der Waals surface area contributed by atoms with Crippen LogP contribution in [0.25, 0.3) is 0 Å². The molecule has 4 heteroatoms. The zero-order valence-corrected chi connectivity index (χ0v) is 8.74. The zero-order chi connectivity index (χ0) is 11.4. The molecule has 0 atom stereocenters. The Morgan fingerprint density at radius 2 is 2.19 bits per heavy atom. The van der Waals surface area contributed by atoms with Crippen molar-refractivity contribution in [3.63, 3.8) is 0 Å². The molecule has 2 aromatic rings. The molecule has 16 heavy (non-hydrogen) atoms. The predicted molar refractivity (Wildman–Crippen MR) is 60.3 cm³/mol. The van der Waals surface area contributed by atoms with E-state index in [-0.39, 0.29) is 5.82 Å². The Kier molecular flexibility index (Phi) is 3.22. The largest absolute Gasteiger partial charge is 0.467 e. The van der Waals surface area contributed by atoms with Crippen LogP contribution in [0.5, 0.6) is 0 Å². The van der Waals surface area contributed by atoms with Crippen LogP contribution in [0.15, 0.2) is 41.0 Å². The topological polar surface area (TPSA) is 51.2 Å². The van der Waals surface area contributed by atoms with Gasteiger partial charge in [0.15, 0.2) is 0 Å². The Morgan fingerprint density at radius 3 is 2.81 bits per heavy atom. The average Bonchev–Trinajstić information content (AvgIpc) is 2.80. The first-order valence-electron chi connectivity index (χ1n) is 5.04. The number of anilines is 1. The third-order valence-corrected chi connectivity index (χ3v) is 2.30. The van der Waals surface area contributed by atoms with Gasteiger partial charge in [0.25, 0.3) is 0 Å². The fourth-order valence-corrected chi connectivity index (χ4v) is 1.42. The summed E-state index contributed by atoms with van der Waals surface area (Å²) in [5, 5.41) is 2.96. The molecule has 1 heterocycles. The maximum absolute atomic E-state index is 13.5. The van der Waals surface area contributed by atoms with E-state index in [1.54, 1.807) is 24.5 Å². The molecule has 0 saturated heterocycles. The zero-order valence-electron chi connectivity index (χ0n) is 8.74. The highest BCUT2D eigenvalue weighted by atomic mass is 19.1. The molecule has 0 aliphatic carbocycles. The highest BCUT2D eigenvalue weighted by Crippen LogP contribution is 2.16. The van der Waals surface area contributed by atoms with Crippen LogP contribution in [0.4, 0.5) is 10.1 Å². The van der Waals surface area contributed by atoms with Crippen LogP contribution >= 0.6 is 0 Å². The van der Waals surface area contributed by atoms with E-state index in [2.05, 4.69) is 5.32 Å². The first kappa shape index (κ1) is 10.7. The SMILES string of the molecule is NCc1ccc(NCc2ccco2)c(F)c1. The standard InChI is InChI=1S/C12H13FN2O/c13-11-6-9(7-14)3-4-12(11)15-8-10-2-1-5-16-10/h1-6,15H,7-8,14H2. The summed E-state index contributed by atoms with van der Waals surface area (Å²) in [5.74, 6) is 0.469. The van der Waals surface area contributed by atoms with E-state index >= 15 is 0 Å². The quantitative estimate of drug-likeness (QED) is 0.832. The van der Waals surface area contributed by atoms with Crippen molar-refractivity contribution in [1.82, 2.24) is 0 Å². The van der Waals surface area contributed by atoms with Crippen molar-refractivity contribution >= 4 is 5.69 Å². The van der Waals surface area contributed by atoms with Gasteiger partial charge < -0.3 is 15.5 Å². The van der Waals surface area contributed by atoms with Gasteiger partial charge in [0.1, 0.15) is 11.6 Å². The van der Waals surface area contributed by atoms with Gasteiger partial charge in [-0.15, -0.1) is 0 Å². The monoisotopic (exact) mass is 220 g/mol. The maximum atomic E-state index is 13.5. The number of benzene rings is 1. The summed E-state index contributed by atoms with van der Waals surface area (Å²) >= 11 is 0. The van der Waals surface area contributed by atoms with Crippen LogP contribution < -0.4 is 11.1 Å². The van der Waals surface area contributed by atoms with Crippen molar-refractivity contribution in [2.75, 3.05) is 5.32 Å². The molecule has 0 saturated carbocycles. The molecule has 0 radical (unpaired) electrons. The Bertz CT molecular complexity index is 454. The summed E-state index contributed by atoms with van der Waals surface area (Å²) in [6.07, 6.45) is 1.59. The summed E-state index contributed by atoms with van der Waals surface area (Å²) in [6.45, 7) is 0.807. The van der Waals surface area contributed by atoms with Crippen LogP contribution in [0, 0.1) is 5.82 Å². The molecule has 3 N–H and O–H groups in total. The number of furan rings is 1. The van der Waals surface area contributed by atoms with E-state index in [1.165, 1.54) is 6.07 Å². The van der Waals surface area contributed by atoms with Crippen LogP contribution in [-0.4, -0.2) is 0 Å². The molecule has 1 aromatic carbocycles. The minimum atomic E-state index is -0.297. The highest BCUT2D eigenvalue weighted by molar-refractivity contribution is 5.46. The van der Waals surface area contributed by atoms with Gasteiger partial charge in [-0.1, -0.05) is 6.07 Å². The van der Waals surface area contributed by atoms with Crippen LogP contribution in [0.2, 0.25) is 0 Å². The fourth-order valence-electron chi connectivity index (χ4n) is 1.42. The van der Waals surface area contributed by atoms with E-state index in [0.29, 0.717) is 18.8 Å². The molecule has 0 amide bonds. The van der Waals surface area contributed by atoms with Crippen molar-refractivity contribution in [2.24, 2.45) is 5.73 Å². The smallest absolute Gasteiger partial charge is 0.146 e. The lowest BCUT2D eigenvalue weighted by molar-refractivity contribution is 0.517. The minimum absolute atomic E-state index is 0.297. The number of nitrogens with two attached hydrogens (primary N) is 1. The van der Waals surface area contributed by atoms with E-state index < -0.39 is 0 Å². The third-order valence-electron chi connectivity index (χ3n) is 2.30. The molecule has 0 spiro atoms. The van der Waals surface area contributed by atoms with Crippen molar-refractivity contribution < 1.29 is 8.81 Å². The molecule has 84 valence electrons. The first-order chi connectivity index (χ1) is 7.79. The Labute approximate surface area is 93.1 Å². The Hall–Kier alpha value is -1.81. The second kappa shape index (κ2) is 4.81. The van der Waals surface area contributed by atoms with Crippen molar-refractivity contribution in [3.05, 3.63) is 53.7 Å². The van der Waals surface area contributed by atoms with E-state index in [9.17, 15) is 4.39 Å². The molecule has 0 fully saturated rings. The molecule has 0 bridgehead atoms. The average molecular weight is 220 g/mol. The molecule has 0 unspecified atom stereocenters. The maximum Gasteiger partial charge on any atom is 0.146 e. The molecule has 1 aromatic heterocycles. The summed E-state index contributed by atoms with van der Waals surface area (Å²) in [7, 11) is 0. The van der Waals surface area contributed by atoms with E-state index in [4.69, 9.17) is 10.2 Å². The third kappa shape index (κ3) is 2.41. The van der Waals surface area contributed by atoms with Gasteiger partial charge in [-0.3, -0.25) is 0 Å². The second-order valence-corrected chi connectivity index (χ2v) is 3.45. The van der Waals surface area contributed by atoms with Gasteiger partial charge in [0.2, 0.25) is 0 Å². The van der Waals surface area contributed by atoms with Gasteiger partial charge in [-0.25, -0.2) is 4.39 Å². The van der Waals surface area contributed by atoms with Crippen molar-refractivity contribution in [2.45, 2.75) is 13.1 Å². The molecular weight excluding hydrogens is 207 g/mol. The van der Waals surface area contributed by atoms with Gasteiger partial charge in [0, 0.05) is 6.54 Å². The Morgan fingerprint density at radius 1 is 1.31 bits per heavy atom. The number of hydrogen-bond donors (Lipinski definition) is 2. The predicted octanol–water partition coefficient (Wildman–Crippen LogP) is 2.49. The normalized spacial score (nSPS) is 10.4. The molecular formula is C12H13FN2O. The van der Waals surface area contributed by atoms with Gasteiger partial charge in [-0.2, -0.15) is 0 Å². The molecule has 0 aliphatic heterocycles. The summed E-state index contributed by atoms with van der Waals surface area (Å²) in [4.78, 5) is 0. The van der Waals surface area contributed by atoms with Crippen LogP contribution in [0.3, 0.4) is 0 Å². The first-order valence-corrected chi connectivity index (χ1v) is 5.04. The van der Waals surface area contributed by atoms with Crippen molar-refractivity contribution in [1.29, 1.82) is 0 Å². The number of halogens is 1. The number of hydrogen-bond acceptors (Lipinski definition) is 3. The fraction of sp³-hybridized carbons (Fsp3) is 0.167. The molecule has 0 aliphatic rings.